The highest BCUT2D eigenvalue weighted by atomic mass is 35.5. The number of aromatic nitrogens is 1. The first-order valence-corrected chi connectivity index (χ1v) is 3.48. The van der Waals surface area contributed by atoms with Crippen LogP contribution in [0, 0.1) is 0 Å². The molecule has 2 N–H and O–H groups in total. The zero-order valence-corrected chi connectivity index (χ0v) is 6.86. The maximum Gasteiger partial charge on any atom is 0.248 e. The fraction of sp³-hybridized carbons (Fsp3) is 0. The van der Waals surface area contributed by atoms with Crippen molar-refractivity contribution in [3.8, 4) is 0 Å². The normalized spacial score (nSPS) is 9.64. The largest absolute Gasteiger partial charge is 0.366 e. The lowest BCUT2D eigenvalue weighted by atomic mass is 10.3. The van der Waals surface area contributed by atoms with E-state index in [9.17, 15) is 4.79 Å². The van der Waals surface area contributed by atoms with Crippen molar-refractivity contribution in [1.82, 2.24) is 4.98 Å². The summed E-state index contributed by atoms with van der Waals surface area (Å²) in [5.74, 6) is -0.573. The highest BCUT2D eigenvalue weighted by molar-refractivity contribution is 6.33. The van der Waals surface area contributed by atoms with Gasteiger partial charge in [-0.1, -0.05) is 23.2 Å². The van der Waals surface area contributed by atoms with E-state index >= 15 is 0 Å². The molecule has 0 radical (unpaired) electrons. The summed E-state index contributed by atoms with van der Waals surface area (Å²) in [7, 11) is 0. The average Bonchev–Trinajstić information content (AvgIpc) is 1.85. The molecule has 1 rings (SSSR count). The molecule has 0 saturated carbocycles. The Hall–Kier alpha value is -0.800. The Bertz CT molecular complexity index is 280. The minimum Gasteiger partial charge on any atom is -0.366 e. The average molecular weight is 191 g/mol. The van der Waals surface area contributed by atoms with Gasteiger partial charge in [0.15, 0.2) is 0 Å². The number of carbonyl (C=O) groups is 1. The van der Waals surface area contributed by atoms with Gasteiger partial charge in [-0.2, -0.15) is 0 Å². The number of carbonyl (C=O) groups excluding carboxylic acids is 1. The Kier molecular flexibility index (Phi) is 2.31. The Balaban J connectivity index is 3.19. The van der Waals surface area contributed by atoms with Crippen LogP contribution in [0.2, 0.25) is 10.3 Å². The molecule has 0 spiro atoms. The first-order valence-electron chi connectivity index (χ1n) is 2.72. The molecule has 0 bridgehead atoms. The highest BCUT2D eigenvalue weighted by Crippen LogP contribution is 2.13. The van der Waals surface area contributed by atoms with E-state index in [1.165, 1.54) is 12.1 Å². The van der Waals surface area contributed by atoms with Crippen molar-refractivity contribution in [3.05, 3.63) is 28.0 Å². The molecule has 0 aliphatic heterocycles. The van der Waals surface area contributed by atoms with Crippen molar-refractivity contribution in [2.24, 2.45) is 5.73 Å². The van der Waals surface area contributed by atoms with E-state index in [1.807, 2.05) is 0 Å². The van der Waals surface area contributed by atoms with E-state index in [1.54, 1.807) is 0 Å². The summed E-state index contributed by atoms with van der Waals surface area (Å²) in [5, 5.41) is 0.317. The number of nitrogens with two attached hydrogens (primary N) is 1. The summed E-state index contributed by atoms with van der Waals surface area (Å²) >= 11 is 11.0. The molecular formula is C6H4Cl2N2O. The Morgan fingerprint density at radius 1 is 1.36 bits per heavy atom. The summed E-state index contributed by atoms with van der Waals surface area (Å²) in [6, 6.07) is 2.71. The van der Waals surface area contributed by atoms with Crippen LogP contribution in [-0.2, 0) is 0 Å². The van der Waals surface area contributed by atoms with E-state index in [2.05, 4.69) is 4.98 Å². The predicted molar refractivity (Wildman–Crippen MR) is 42.8 cm³/mol. The van der Waals surface area contributed by atoms with Gasteiger partial charge < -0.3 is 5.73 Å². The molecule has 0 aromatic carbocycles. The van der Waals surface area contributed by atoms with Crippen LogP contribution in [0.5, 0.6) is 0 Å². The van der Waals surface area contributed by atoms with Gasteiger partial charge in [-0.3, -0.25) is 4.79 Å². The number of hydrogen-bond acceptors (Lipinski definition) is 2. The maximum absolute atomic E-state index is 10.6. The zero-order valence-electron chi connectivity index (χ0n) is 5.34. The Morgan fingerprint density at radius 3 is 2.18 bits per heavy atom. The maximum atomic E-state index is 10.6. The van der Waals surface area contributed by atoms with Gasteiger partial charge in [0, 0.05) is 5.56 Å². The molecule has 3 nitrogen and oxygen atoms in total. The van der Waals surface area contributed by atoms with Gasteiger partial charge >= 0.3 is 0 Å². The SMILES string of the molecule is NC(=O)c1cc(Cl)nc(Cl)c1. The van der Waals surface area contributed by atoms with Gasteiger partial charge in [0.1, 0.15) is 10.3 Å². The van der Waals surface area contributed by atoms with Gasteiger partial charge in [0.2, 0.25) is 5.91 Å². The van der Waals surface area contributed by atoms with Crippen LogP contribution in [-0.4, -0.2) is 10.9 Å². The van der Waals surface area contributed by atoms with Crippen molar-refractivity contribution in [2.45, 2.75) is 0 Å². The fourth-order valence-electron chi connectivity index (χ4n) is 0.607. The van der Waals surface area contributed by atoms with Crippen LogP contribution in [0.1, 0.15) is 10.4 Å². The number of pyridine rings is 1. The summed E-state index contributed by atoms with van der Waals surface area (Å²) < 4.78 is 0. The monoisotopic (exact) mass is 190 g/mol. The van der Waals surface area contributed by atoms with E-state index in [0.717, 1.165) is 0 Å². The number of rotatable bonds is 1. The second-order valence-electron chi connectivity index (χ2n) is 1.87. The van der Waals surface area contributed by atoms with E-state index < -0.39 is 5.91 Å². The Labute approximate surface area is 73.1 Å². The molecule has 5 heteroatoms. The molecular weight excluding hydrogens is 187 g/mol. The van der Waals surface area contributed by atoms with Crippen molar-refractivity contribution in [2.75, 3.05) is 0 Å². The van der Waals surface area contributed by atoms with Crippen LogP contribution in [0.4, 0.5) is 0 Å². The van der Waals surface area contributed by atoms with Crippen molar-refractivity contribution in [1.29, 1.82) is 0 Å². The summed E-state index contributed by atoms with van der Waals surface area (Å²) in [6.07, 6.45) is 0. The molecule has 58 valence electrons. The number of hydrogen-bond donors (Lipinski definition) is 1. The number of halogens is 2. The quantitative estimate of drug-likeness (QED) is 0.683. The molecule has 0 saturated heterocycles. The first kappa shape index (κ1) is 8.30. The first-order chi connectivity index (χ1) is 5.09. The lowest BCUT2D eigenvalue weighted by Crippen LogP contribution is -2.10. The molecule has 1 heterocycles. The van der Waals surface area contributed by atoms with Gasteiger partial charge in [-0.25, -0.2) is 4.98 Å². The van der Waals surface area contributed by atoms with Gasteiger partial charge in [0.25, 0.3) is 0 Å². The molecule has 0 atom stereocenters. The smallest absolute Gasteiger partial charge is 0.248 e. The van der Waals surface area contributed by atoms with E-state index in [4.69, 9.17) is 28.9 Å². The molecule has 0 fully saturated rings. The molecule has 1 aromatic heterocycles. The summed E-state index contributed by atoms with van der Waals surface area (Å²) in [5.41, 5.74) is 5.23. The van der Waals surface area contributed by atoms with Crippen LogP contribution in [0.15, 0.2) is 12.1 Å². The predicted octanol–water partition coefficient (Wildman–Crippen LogP) is 1.49. The van der Waals surface area contributed by atoms with E-state index in [-0.39, 0.29) is 15.9 Å². The van der Waals surface area contributed by atoms with Crippen molar-refractivity contribution < 1.29 is 4.79 Å². The molecule has 11 heavy (non-hydrogen) atoms. The third-order valence-corrected chi connectivity index (χ3v) is 1.43. The number of primary amides is 1. The van der Waals surface area contributed by atoms with Crippen LogP contribution in [0.3, 0.4) is 0 Å². The second-order valence-corrected chi connectivity index (χ2v) is 2.64. The summed E-state index contributed by atoms with van der Waals surface area (Å²) in [4.78, 5) is 14.2. The van der Waals surface area contributed by atoms with Crippen molar-refractivity contribution >= 4 is 29.1 Å². The number of nitrogens with zero attached hydrogens (tertiary/aromatic N) is 1. The summed E-state index contributed by atoms with van der Waals surface area (Å²) in [6.45, 7) is 0. The van der Waals surface area contributed by atoms with Gasteiger partial charge in [-0.05, 0) is 12.1 Å². The lowest BCUT2D eigenvalue weighted by molar-refractivity contribution is 0.1000. The second kappa shape index (κ2) is 3.07. The molecule has 0 aliphatic carbocycles. The minimum absolute atomic E-state index is 0.159. The molecule has 0 unspecified atom stereocenters. The molecule has 1 aromatic rings. The van der Waals surface area contributed by atoms with Crippen LogP contribution >= 0.6 is 23.2 Å². The minimum atomic E-state index is -0.573. The fourth-order valence-corrected chi connectivity index (χ4v) is 1.07. The number of amides is 1. The molecule has 1 amide bonds. The standard InChI is InChI=1S/C6H4Cl2N2O/c7-4-1-3(6(9)11)2-5(8)10-4/h1-2H,(H2,9,11). The molecule has 0 aliphatic rings. The zero-order chi connectivity index (χ0) is 8.43. The lowest BCUT2D eigenvalue weighted by Gasteiger charge is -1.95. The van der Waals surface area contributed by atoms with E-state index in [0.29, 0.717) is 0 Å². The van der Waals surface area contributed by atoms with Crippen molar-refractivity contribution in [3.63, 3.8) is 0 Å². The van der Waals surface area contributed by atoms with Crippen LogP contribution < -0.4 is 5.73 Å². The van der Waals surface area contributed by atoms with Gasteiger partial charge in [-0.15, -0.1) is 0 Å². The van der Waals surface area contributed by atoms with Crippen LogP contribution in [0.25, 0.3) is 0 Å². The third-order valence-electron chi connectivity index (χ3n) is 1.05. The topological polar surface area (TPSA) is 56.0 Å². The van der Waals surface area contributed by atoms with Gasteiger partial charge in [0.05, 0.1) is 0 Å². The highest BCUT2D eigenvalue weighted by Gasteiger charge is 2.03. The Morgan fingerprint density at radius 2 is 1.82 bits per heavy atom. The third kappa shape index (κ3) is 2.06.